The Balaban J connectivity index is 1.31. The Kier molecular flexibility index (Phi) is 4.86. The van der Waals surface area contributed by atoms with Gasteiger partial charge in [0.2, 0.25) is 4.96 Å². The van der Waals surface area contributed by atoms with E-state index in [0.717, 1.165) is 16.8 Å². The molecule has 1 N–H and O–H groups in total. The average molecular weight is 439 g/mol. The molecule has 4 aromatic rings. The largest absolute Gasteiger partial charge is 0.486 e. The first-order chi connectivity index (χ1) is 14.7. The number of carbonyl (C=O) groups is 1. The van der Waals surface area contributed by atoms with Crippen LogP contribution in [0.25, 0.3) is 22.3 Å². The van der Waals surface area contributed by atoms with Crippen molar-refractivity contribution in [2.75, 3.05) is 18.5 Å². The molecule has 0 spiro atoms. The van der Waals surface area contributed by atoms with E-state index in [9.17, 15) is 4.79 Å². The SMILES string of the molecule is O=C(/C=C\c1ccc2c(c1)OCCO2)Nc1nc2scc(-c3ccc(Cl)cc3)n2n1. The van der Waals surface area contributed by atoms with E-state index in [1.54, 1.807) is 10.6 Å². The quantitative estimate of drug-likeness (QED) is 0.473. The maximum Gasteiger partial charge on any atom is 0.250 e. The average Bonchev–Trinajstić information content (AvgIpc) is 3.33. The number of carbonyl (C=O) groups excluding carboxylic acids is 1. The van der Waals surface area contributed by atoms with Gasteiger partial charge in [-0.25, -0.2) is 4.52 Å². The van der Waals surface area contributed by atoms with E-state index in [1.807, 2.05) is 47.8 Å². The molecular weight excluding hydrogens is 424 g/mol. The number of aromatic nitrogens is 3. The summed E-state index contributed by atoms with van der Waals surface area (Å²) < 4.78 is 12.8. The second-order valence-electron chi connectivity index (χ2n) is 6.48. The fraction of sp³-hybridized carbons (Fsp3) is 0.0952. The van der Waals surface area contributed by atoms with Gasteiger partial charge in [0.25, 0.3) is 11.9 Å². The monoisotopic (exact) mass is 438 g/mol. The van der Waals surface area contributed by atoms with Crippen molar-refractivity contribution in [2.45, 2.75) is 0 Å². The summed E-state index contributed by atoms with van der Waals surface area (Å²) in [6.45, 7) is 1.06. The number of hydrogen-bond acceptors (Lipinski definition) is 6. The first-order valence-corrected chi connectivity index (χ1v) is 10.4. The fourth-order valence-electron chi connectivity index (χ4n) is 3.04. The van der Waals surface area contributed by atoms with Gasteiger partial charge in [-0.3, -0.25) is 10.1 Å². The number of hydrogen-bond donors (Lipinski definition) is 1. The van der Waals surface area contributed by atoms with Crippen LogP contribution in [0.5, 0.6) is 11.5 Å². The van der Waals surface area contributed by atoms with Crippen LogP contribution in [-0.2, 0) is 4.79 Å². The van der Waals surface area contributed by atoms with Crippen LogP contribution in [0.4, 0.5) is 5.95 Å². The summed E-state index contributed by atoms with van der Waals surface area (Å²) in [4.78, 5) is 17.4. The molecule has 1 aliphatic rings. The molecule has 2 aromatic carbocycles. The number of fused-ring (bicyclic) bond motifs is 2. The molecule has 9 heteroatoms. The summed E-state index contributed by atoms with van der Waals surface area (Å²) in [5.41, 5.74) is 2.68. The van der Waals surface area contributed by atoms with E-state index in [2.05, 4.69) is 15.4 Å². The van der Waals surface area contributed by atoms with Crippen molar-refractivity contribution < 1.29 is 14.3 Å². The van der Waals surface area contributed by atoms with E-state index < -0.39 is 0 Å². The molecule has 0 radical (unpaired) electrons. The maximum absolute atomic E-state index is 12.3. The van der Waals surface area contributed by atoms with Gasteiger partial charge in [0.05, 0.1) is 5.69 Å². The van der Waals surface area contributed by atoms with Gasteiger partial charge in [-0.15, -0.1) is 16.4 Å². The third kappa shape index (κ3) is 3.74. The molecule has 30 heavy (non-hydrogen) atoms. The molecule has 3 heterocycles. The number of nitrogens with one attached hydrogen (secondary N) is 1. The van der Waals surface area contributed by atoms with Crippen LogP contribution in [0.3, 0.4) is 0 Å². The van der Waals surface area contributed by atoms with Crippen molar-refractivity contribution in [3.05, 3.63) is 64.5 Å². The van der Waals surface area contributed by atoms with E-state index >= 15 is 0 Å². The summed E-state index contributed by atoms with van der Waals surface area (Å²) in [5.74, 6) is 1.31. The molecule has 0 saturated heterocycles. The van der Waals surface area contributed by atoms with Gasteiger partial charge in [-0.2, -0.15) is 4.98 Å². The summed E-state index contributed by atoms with van der Waals surface area (Å²) >= 11 is 7.41. The number of ether oxygens (including phenoxy) is 2. The molecule has 0 bridgehead atoms. The highest BCUT2D eigenvalue weighted by molar-refractivity contribution is 7.15. The lowest BCUT2D eigenvalue weighted by molar-refractivity contribution is -0.111. The van der Waals surface area contributed by atoms with Crippen LogP contribution < -0.4 is 14.8 Å². The predicted molar refractivity (Wildman–Crippen MR) is 116 cm³/mol. The third-order valence-corrected chi connectivity index (χ3v) is 5.52. The third-order valence-electron chi connectivity index (χ3n) is 4.45. The minimum Gasteiger partial charge on any atom is -0.486 e. The van der Waals surface area contributed by atoms with E-state index in [-0.39, 0.29) is 11.9 Å². The van der Waals surface area contributed by atoms with Gasteiger partial charge in [-0.1, -0.05) is 29.8 Å². The molecule has 0 aliphatic carbocycles. The molecular formula is C21H15ClN4O3S. The predicted octanol–water partition coefficient (Wildman–Crippen LogP) is 4.53. The molecule has 7 nitrogen and oxygen atoms in total. The first-order valence-electron chi connectivity index (χ1n) is 9.15. The summed E-state index contributed by atoms with van der Waals surface area (Å²) in [6, 6.07) is 13.0. The zero-order chi connectivity index (χ0) is 20.5. The maximum atomic E-state index is 12.3. The van der Waals surface area contributed by atoms with Gasteiger partial charge in [0, 0.05) is 22.0 Å². The van der Waals surface area contributed by atoms with Crippen molar-refractivity contribution in [3.8, 4) is 22.8 Å². The number of benzene rings is 2. The normalized spacial score (nSPS) is 13.1. The van der Waals surface area contributed by atoms with Crippen molar-refractivity contribution in [1.29, 1.82) is 0 Å². The minimum absolute atomic E-state index is 0.244. The second-order valence-corrected chi connectivity index (χ2v) is 7.76. The lowest BCUT2D eigenvalue weighted by Gasteiger charge is -2.18. The standard InChI is InChI=1S/C21H15ClN4O3S/c22-15-5-3-14(4-6-15)16-12-30-21-24-20(25-26(16)21)23-19(27)8-2-13-1-7-17-18(11-13)29-10-9-28-17/h1-8,11-12H,9-10H2,(H,23,25,27)/b8-2-. The molecule has 1 aliphatic heterocycles. The van der Waals surface area contributed by atoms with Gasteiger partial charge >= 0.3 is 0 Å². The van der Waals surface area contributed by atoms with E-state index in [0.29, 0.717) is 34.7 Å². The topological polar surface area (TPSA) is 77.8 Å². The zero-order valence-corrected chi connectivity index (χ0v) is 17.1. The van der Waals surface area contributed by atoms with Gasteiger partial charge < -0.3 is 9.47 Å². The Bertz CT molecular complexity index is 1260. The lowest BCUT2D eigenvalue weighted by Crippen LogP contribution is -2.15. The molecule has 1 amide bonds. The number of amides is 1. The Morgan fingerprint density at radius 2 is 1.93 bits per heavy atom. The highest BCUT2D eigenvalue weighted by atomic mass is 35.5. The molecule has 5 rings (SSSR count). The van der Waals surface area contributed by atoms with E-state index in [4.69, 9.17) is 21.1 Å². The minimum atomic E-state index is -0.323. The molecule has 0 saturated carbocycles. The van der Waals surface area contributed by atoms with Crippen molar-refractivity contribution in [3.63, 3.8) is 0 Å². The lowest BCUT2D eigenvalue weighted by atomic mass is 10.2. The molecule has 2 aromatic heterocycles. The number of rotatable bonds is 4. The van der Waals surface area contributed by atoms with Crippen LogP contribution in [0.2, 0.25) is 5.02 Å². The highest BCUT2D eigenvalue weighted by Crippen LogP contribution is 2.31. The van der Waals surface area contributed by atoms with Gasteiger partial charge in [0.1, 0.15) is 13.2 Å². The van der Waals surface area contributed by atoms with Crippen molar-refractivity contribution in [1.82, 2.24) is 14.6 Å². The molecule has 0 atom stereocenters. The van der Waals surface area contributed by atoms with Crippen LogP contribution in [0.1, 0.15) is 5.56 Å². The summed E-state index contributed by atoms with van der Waals surface area (Å²) in [7, 11) is 0. The van der Waals surface area contributed by atoms with Crippen LogP contribution in [-0.4, -0.2) is 33.7 Å². The zero-order valence-electron chi connectivity index (χ0n) is 15.5. The van der Waals surface area contributed by atoms with Crippen LogP contribution in [0, 0.1) is 0 Å². The Morgan fingerprint density at radius 3 is 2.77 bits per heavy atom. The first kappa shape index (κ1) is 18.7. The molecule has 0 unspecified atom stereocenters. The molecule has 150 valence electrons. The highest BCUT2D eigenvalue weighted by Gasteiger charge is 2.13. The fourth-order valence-corrected chi connectivity index (χ4v) is 4.00. The van der Waals surface area contributed by atoms with Gasteiger partial charge in [0.15, 0.2) is 11.5 Å². The Morgan fingerprint density at radius 1 is 1.13 bits per heavy atom. The number of anilines is 1. The number of halogens is 1. The van der Waals surface area contributed by atoms with Crippen LogP contribution in [0.15, 0.2) is 53.9 Å². The Labute approximate surface area is 180 Å². The smallest absolute Gasteiger partial charge is 0.250 e. The van der Waals surface area contributed by atoms with Crippen molar-refractivity contribution in [2.24, 2.45) is 0 Å². The summed E-state index contributed by atoms with van der Waals surface area (Å²) in [6.07, 6.45) is 3.13. The second kappa shape index (κ2) is 7.81. The van der Waals surface area contributed by atoms with Crippen LogP contribution >= 0.6 is 22.9 Å². The van der Waals surface area contributed by atoms with Gasteiger partial charge in [-0.05, 0) is 35.9 Å². The molecule has 0 fully saturated rings. The number of thiazole rings is 1. The summed E-state index contributed by atoms with van der Waals surface area (Å²) in [5, 5.41) is 9.74. The number of nitrogens with zero attached hydrogens (tertiary/aromatic N) is 3. The van der Waals surface area contributed by atoms with Crippen molar-refractivity contribution >= 4 is 45.8 Å². The van der Waals surface area contributed by atoms with E-state index in [1.165, 1.54) is 17.4 Å². The Hall–Kier alpha value is -3.36.